The third kappa shape index (κ3) is 3.18. The smallest absolute Gasteiger partial charge is 0.245 e. The normalized spacial score (nSPS) is 20.9. The molecule has 1 saturated heterocycles. The van der Waals surface area contributed by atoms with Gasteiger partial charge < -0.3 is 10.2 Å². The van der Waals surface area contributed by atoms with E-state index >= 15 is 0 Å². The molecular weight excluding hydrogens is 256 g/mol. The van der Waals surface area contributed by atoms with Crippen LogP contribution in [0.25, 0.3) is 0 Å². The maximum absolute atomic E-state index is 12.4. The number of amides is 2. The van der Waals surface area contributed by atoms with E-state index in [1.165, 1.54) is 0 Å². The van der Waals surface area contributed by atoms with Gasteiger partial charge in [-0.1, -0.05) is 20.3 Å². The molecule has 2 unspecified atom stereocenters. The largest absolute Gasteiger partial charge is 0.342 e. The third-order valence-corrected chi connectivity index (χ3v) is 3.87. The summed E-state index contributed by atoms with van der Waals surface area (Å²) in [5.74, 6) is 0.122. The van der Waals surface area contributed by atoms with E-state index in [9.17, 15) is 9.59 Å². The lowest BCUT2D eigenvalue weighted by molar-refractivity contribution is -0.145. The van der Waals surface area contributed by atoms with Gasteiger partial charge in [0.2, 0.25) is 11.8 Å². The topological polar surface area (TPSA) is 67.2 Å². The molecule has 6 nitrogen and oxygen atoms in total. The highest BCUT2D eigenvalue weighted by atomic mass is 16.2. The quantitative estimate of drug-likeness (QED) is 0.844. The van der Waals surface area contributed by atoms with Crippen LogP contribution in [-0.2, 0) is 23.1 Å². The lowest BCUT2D eigenvalue weighted by Crippen LogP contribution is -2.60. The summed E-state index contributed by atoms with van der Waals surface area (Å²) < 4.78 is 1.74. The molecule has 1 fully saturated rings. The Morgan fingerprint density at radius 2 is 2.25 bits per heavy atom. The molecule has 0 aromatic carbocycles. The number of nitrogens with one attached hydrogen (secondary N) is 1. The van der Waals surface area contributed by atoms with Gasteiger partial charge in [0.05, 0.1) is 12.7 Å². The van der Waals surface area contributed by atoms with Crippen LogP contribution in [0, 0.1) is 5.92 Å². The van der Waals surface area contributed by atoms with Crippen LogP contribution in [0.15, 0.2) is 12.4 Å². The number of piperazine rings is 1. The molecule has 0 spiro atoms. The Morgan fingerprint density at radius 1 is 1.50 bits per heavy atom. The monoisotopic (exact) mass is 278 g/mol. The van der Waals surface area contributed by atoms with Crippen molar-refractivity contribution in [2.75, 3.05) is 13.1 Å². The number of aryl methyl sites for hydroxylation is 1. The summed E-state index contributed by atoms with van der Waals surface area (Å²) >= 11 is 0. The van der Waals surface area contributed by atoms with Crippen molar-refractivity contribution in [3.05, 3.63) is 18.0 Å². The number of rotatable bonds is 5. The Bertz CT molecular complexity index is 497. The van der Waals surface area contributed by atoms with Gasteiger partial charge in [-0.05, 0) is 17.9 Å². The molecule has 2 heterocycles. The van der Waals surface area contributed by atoms with Crippen LogP contribution in [0.2, 0.25) is 0 Å². The van der Waals surface area contributed by atoms with Crippen molar-refractivity contribution in [3.63, 3.8) is 0 Å². The Hall–Kier alpha value is -1.85. The molecule has 0 aliphatic carbocycles. The van der Waals surface area contributed by atoms with Gasteiger partial charge in [-0.25, -0.2) is 0 Å². The second kappa shape index (κ2) is 6.07. The third-order valence-electron chi connectivity index (χ3n) is 3.87. The first-order valence-corrected chi connectivity index (χ1v) is 7.07. The Morgan fingerprint density at radius 3 is 2.85 bits per heavy atom. The van der Waals surface area contributed by atoms with E-state index in [4.69, 9.17) is 0 Å². The van der Waals surface area contributed by atoms with Gasteiger partial charge in [0.15, 0.2) is 0 Å². The van der Waals surface area contributed by atoms with Gasteiger partial charge in [-0.15, -0.1) is 0 Å². The average molecular weight is 278 g/mol. The zero-order chi connectivity index (χ0) is 14.7. The predicted molar refractivity (Wildman–Crippen MR) is 74.9 cm³/mol. The second-order valence-electron chi connectivity index (χ2n) is 5.46. The fraction of sp³-hybridized carbons (Fsp3) is 0.643. The van der Waals surface area contributed by atoms with E-state index in [0.717, 1.165) is 18.4 Å². The predicted octanol–water partition coefficient (Wildman–Crippen LogP) is 0.336. The molecule has 2 atom stereocenters. The summed E-state index contributed by atoms with van der Waals surface area (Å²) in [7, 11) is 1.86. The molecule has 2 amide bonds. The number of nitrogens with zero attached hydrogens (tertiary/aromatic N) is 3. The fourth-order valence-corrected chi connectivity index (χ4v) is 2.40. The van der Waals surface area contributed by atoms with E-state index in [2.05, 4.69) is 10.4 Å². The van der Waals surface area contributed by atoms with Gasteiger partial charge >= 0.3 is 0 Å². The lowest BCUT2D eigenvalue weighted by Gasteiger charge is -2.35. The van der Waals surface area contributed by atoms with Crippen molar-refractivity contribution >= 4 is 11.8 Å². The van der Waals surface area contributed by atoms with Crippen molar-refractivity contribution in [2.45, 2.75) is 32.7 Å². The summed E-state index contributed by atoms with van der Waals surface area (Å²) in [5.41, 5.74) is 1.08. The minimum Gasteiger partial charge on any atom is -0.342 e. The number of hydrogen-bond donors (Lipinski definition) is 1. The number of carbonyl (C=O) groups excluding carboxylic acids is 2. The zero-order valence-electron chi connectivity index (χ0n) is 12.3. The fourth-order valence-electron chi connectivity index (χ4n) is 2.40. The molecule has 6 heteroatoms. The summed E-state index contributed by atoms with van der Waals surface area (Å²) in [6.45, 7) is 4.74. The zero-order valence-corrected chi connectivity index (χ0v) is 12.3. The Labute approximate surface area is 119 Å². The lowest BCUT2D eigenvalue weighted by atomic mass is 9.96. The molecule has 110 valence electrons. The molecule has 0 saturated carbocycles. The highest BCUT2D eigenvalue weighted by Crippen LogP contribution is 2.14. The van der Waals surface area contributed by atoms with Gasteiger partial charge in [-0.3, -0.25) is 14.3 Å². The molecule has 2 rings (SSSR count). The van der Waals surface area contributed by atoms with Crippen LogP contribution in [0.3, 0.4) is 0 Å². The summed E-state index contributed by atoms with van der Waals surface area (Å²) in [4.78, 5) is 25.8. The first kappa shape index (κ1) is 14.6. The minimum atomic E-state index is -0.379. The van der Waals surface area contributed by atoms with Gasteiger partial charge in [0.1, 0.15) is 6.04 Å². The first-order valence-electron chi connectivity index (χ1n) is 7.07. The first-order chi connectivity index (χ1) is 9.51. The molecule has 1 aromatic rings. The van der Waals surface area contributed by atoms with Crippen molar-refractivity contribution in [3.8, 4) is 0 Å². The molecule has 1 aliphatic heterocycles. The molecule has 1 aliphatic rings. The van der Waals surface area contributed by atoms with E-state index in [1.807, 2.05) is 27.1 Å². The van der Waals surface area contributed by atoms with E-state index in [1.54, 1.807) is 15.8 Å². The average Bonchev–Trinajstić information content (AvgIpc) is 2.84. The summed E-state index contributed by atoms with van der Waals surface area (Å²) in [6.07, 6.45) is 5.31. The SMILES string of the molecule is CCC(C)C1NC(=O)CN(CCc2cnn(C)c2)C1=O. The van der Waals surface area contributed by atoms with Crippen LogP contribution in [0.1, 0.15) is 25.8 Å². The van der Waals surface area contributed by atoms with Crippen LogP contribution in [0.5, 0.6) is 0 Å². The van der Waals surface area contributed by atoms with Crippen LogP contribution in [0.4, 0.5) is 0 Å². The Kier molecular flexibility index (Phi) is 4.42. The van der Waals surface area contributed by atoms with Crippen molar-refractivity contribution < 1.29 is 9.59 Å². The minimum absolute atomic E-state index is 0.0304. The number of aromatic nitrogens is 2. The van der Waals surface area contributed by atoms with E-state index in [-0.39, 0.29) is 30.3 Å². The molecular formula is C14H22N4O2. The van der Waals surface area contributed by atoms with Gasteiger partial charge in [0.25, 0.3) is 0 Å². The Balaban J connectivity index is 1.99. The maximum Gasteiger partial charge on any atom is 0.245 e. The van der Waals surface area contributed by atoms with Crippen molar-refractivity contribution in [2.24, 2.45) is 13.0 Å². The standard InChI is InChI=1S/C14H22N4O2/c1-4-10(2)13-14(20)18(9-12(19)16-13)6-5-11-7-15-17(3)8-11/h7-8,10,13H,4-6,9H2,1-3H3,(H,16,19). The highest BCUT2D eigenvalue weighted by molar-refractivity contribution is 5.95. The van der Waals surface area contributed by atoms with Crippen LogP contribution < -0.4 is 5.32 Å². The molecule has 0 bridgehead atoms. The summed E-state index contributed by atoms with van der Waals surface area (Å²) in [6, 6.07) is -0.379. The maximum atomic E-state index is 12.4. The van der Waals surface area contributed by atoms with E-state index < -0.39 is 0 Å². The molecule has 1 N–H and O–H groups in total. The number of carbonyl (C=O) groups is 2. The molecule has 20 heavy (non-hydrogen) atoms. The van der Waals surface area contributed by atoms with Gasteiger partial charge in [0, 0.05) is 19.8 Å². The summed E-state index contributed by atoms with van der Waals surface area (Å²) in [5, 5.41) is 6.91. The molecule has 0 radical (unpaired) electrons. The van der Waals surface area contributed by atoms with Crippen LogP contribution >= 0.6 is 0 Å². The van der Waals surface area contributed by atoms with E-state index in [0.29, 0.717) is 6.54 Å². The highest BCUT2D eigenvalue weighted by Gasteiger charge is 2.35. The van der Waals surface area contributed by atoms with Crippen molar-refractivity contribution in [1.82, 2.24) is 20.0 Å². The van der Waals surface area contributed by atoms with Crippen LogP contribution in [-0.4, -0.2) is 45.6 Å². The molecule has 1 aromatic heterocycles. The van der Waals surface area contributed by atoms with Crippen molar-refractivity contribution in [1.29, 1.82) is 0 Å². The number of hydrogen-bond acceptors (Lipinski definition) is 3. The second-order valence-corrected chi connectivity index (χ2v) is 5.46. The van der Waals surface area contributed by atoms with Gasteiger partial charge in [-0.2, -0.15) is 5.10 Å².